The molecule has 1 aromatic heterocycles. The van der Waals surface area contributed by atoms with Crippen LogP contribution in [0, 0.1) is 0 Å². The zero-order chi connectivity index (χ0) is 20.7. The largest absolute Gasteiger partial charge is 0.493 e. The summed E-state index contributed by atoms with van der Waals surface area (Å²) in [6.45, 7) is 2.32. The number of aromatic nitrogens is 2. The van der Waals surface area contributed by atoms with Crippen LogP contribution in [0.25, 0.3) is 11.4 Å². The Balaban J connectivity index is 1.40. The number of amides is 3. The molecule has 2 aliphatic rings. The number of fused-ring (bicyclic) bond motifs is 2. The maximum atomic E-state index is 13.3. The fraction of sp³-hybridized carbons (Fsp3) is 0.273. The Labute approximate surface area is 172 Å². The van der Waals surface area contributed by atoms with E-state index in [1.165, 1.54) is 0 Å². The van der Waals surface area contributed by atoms with E-state index >= 15 is 0 Å². The molecular weight excluding hydrogens is 384 g/mol. The van der Waals surface area contributed by atoms with Crippen LogP contribution in [-0.4, -0.2) is 33.6 Å². The highest BCUT2D eigenvalue weighted by molar-refractivity contribution is 6.08. The number of para-hydroxylation sites is 1. The van der Waals surface area contributed by atoms with Gasteiger partial charge in [-0.2, -0.15) is 4.98 Å². The zero-order valence-electron chi connectivity index (χ0n) is 16.4. The summed E-state index contributed by atoms with van der Waals surface area (Å²) in [5.74, 6) is 0.890. The monoisotopic (exact) mass is 404 g/mol. The molecule has 8 nitrogen and oxygen atoms in total. The lowest BCUT2D eigenvalue weighted by molar-refractivity contribution is -0.132. The van der Waals surface area contributed by atoms with Crippen LogP contribution in [0.15, 0.2) is 53.1 Å². The number of ether oxygens (including phenoxy) is 1. The number of urea groups is 1. The Morgan fingerprint density at radius 1 is 1.17 bits per heavy atom. The van der Waals surface area contributed by atoms with Gasteiger partial charge in [0.25, 0.3) is 5.91 Å². The number of nitrogens with zero attached hydrogens (tertiary/aromatic N) is 3. The van der Waals surface area contributed by atoms with Crippen LogP contribution in [-0.2, 0) is 23.3 Å². The molecule has 1 atom stereocenters. The molecule has 30 heavy (non-hydrogen) atoms. The Morgan fingerprint density at radius 3 is 2.83 bits per heavy atom. The summed E-state index contributed by atoms with van der Waals surface area (Å²) in [6.07, 6.45) is 1.29. The first-order valence-electron chi connectivity index (χ1n) is 9.89. The van der Waals surface area contributed by atoms with E-state index in [4.69, 9.17) is 9.26 Å². The molecule has 1 fully saturated rings. The van der Waals surface area contributed by atoms with E-state index in [1.54, 1.807) is 0 Å². The first-order chi connectivity index (χ1) is 14.6. The molecule has 0 radical (unpaired) electrons. The van der Waals surface area contributed by atoms with Gasteiger partial charge >= 0.3 is 6.03 Å². The highest BCUT2D eigenvalue weighted by Gasteiger charge is 2.55. The minimum absolute atomic E-state index is 0.0849. The Hall–Kier alpha value is -3.68. The van der Waals surface area contributed by atoms with Gasteiger partial charge in [0.1, 0.15) is 17.8 Å². The molecule has 1 N–H and O–H groups in total. The number of carbonyl (C=O) groups excluding carboxylic acids is 2. The number of hydrogen-bond acceptors (Lipinski definition) is 6. The van der Waals surface area contributed by atoms with Crippen LogP contribution in [0.1, 0.15) is 30.4 Å². The topological polar surface area (TPSA) is 97.6 Å². The van der Waals surface area contributed by atoms with Crippen LogP contribution < -0.4 is 10.1 Å². The summed E-state index contributed by atoms with van der Waals surface area (Å²) in [6, 6.07) is 14.6. The Kier molecular flexibility index (Phi) is 4.27. The molecule has 2 aromatic carbocycles. The average molecular weight is 404 g/mol. The maximum absolute atomic E-state index is 13.3. The van der Waals surface area contributed by atoms with E-state index < -0.39 is 11.6 Å². The summed E-state index contributed by atoms with van der Waals surface area (Å²) < 4.78 is 11.0. The Bertz CT molecular complexity index is 1140. The quantitative estimate of drug-likeness (QED) is 0.657. The van der Waals surface area contributed by atoms with Crippen LogP contribution in [0.2, 0.25) is 0 Å². The fourth-order valence-electron chi connectivity index (χ4n) is 4.23. The molecule has 152 valence electrons. The highest BCUT2D eigenvalue weighted by Crippen LogP contribution is 2.41. The van der Waals surface area contributed by atoms with Crippen LogP contribution >= 0.6 is 0 Å². The minimum Gasteiger partial charge on any atom is -0.493 e. The number of aryl methyl sites for hydroxylation is 1. The molecule has 0 saturated carbocycles. The second-order valence-corrected chi connectivity index (χ2v) is 7.32. The van der Waals surface area contributed by atoms with Gasteiger partial charge in [-0.15, -0.1) is 0 Å². The SMILES string of the molecule is CCOc1ccccc1-c1noc(CN2C(=O)NC3(CCc4ccccc43)C2=O)n1. The predicted molar refractivity (Wildman–Crippen MR) is 106 cm³/mol. The van der Waals surface area contributed by atoms with Crippen molar-refractivity contribution in [3.8, 4) is 17.1 Å². The normalized spacial score (nSPS) is 20.0. The molecular formula is C22H20N4O4. The summed E-state index contributed by atoms with van der Waals surface area (Å²) in [5, 5.41) is 6.91. The molecule has 3 amide bonds. The third kappa shape index (κ3) is 2.75. The van der Waals surface area contributed by atoms with E-state index in [0.717, 1.165) is 22.4 Å². The summed E-state index contributed by atoms with van der Waals surface area (Å²) in [5.41, 5.74) is 1.63. The number of carbonyl (C=O) groups is 2. The predicted octanol–water partition coefficient (Wildman–Crippen LogP) is 3.03. The highest BCUT2D eigenvalue weighted by atomic mass is 16.5. The zero-order valence-corrected chi connectivity index (χ0v) is 16.4. The van der Waals surface area contributed by atoms with Gasteiger partial charge in [-0.25, -0.2) is 4.79 Å². The van der Waals surface area contributed by atoms with Crippen molar-refractivity contribution in [2.24, 2.45) is 0 Å². The van der Waals surface area contributed by atoms with Crippen molar-refractivity contribution in [1.82, 2.24) is 20.4 Å². The maximum Gasteiger partial charge on any atom is 0.325 e. The molecule has 1 spiro atoms. The van der Waals surface area contributed by atoms with Crippen molar-refractivity contribution in [2.45, 2.75) is 31.8 Å². The van der Waals surface area contributed by atoms with E-state index in [1.807, 2.05) is 55.5 Å². The van der Waals surface area contributed by atoms with Gasteiger partial charge in [0.15, 0.2) is 0 Å². The molecule has 2 heterocycles. The van der Waals surface area contributed by atoms with Crippen molar-refractivity contribution >= 4 is 11.9 Å². The average Bonchev–Trinajstić information content (AvgIpc) is 3.43. The van der Waals surface area contributed by atoms with Crippen molar-refractivity contribution in [3.05, 3.63) is 65.5 Å². The van der Waals surface area contributed by atoms with Gasteiger partial charge in [-0.3, -0.25) is 9.69 Å². The first-order valence-corrected chi connectivity index (χ1v) is 9.89. The number of rotatable bonds is 5. The van der Waals surface area contributed by atoms with Crippen LogP contribution in [0.3, 0.4) is 0 Å². The Morgan fingerprint density at radius 2 is 1.97 bits per heavy atom. The van der Waals surface area contributed by atoms with Crippen LogP contribution in [0.4, 0.5) is 4.79 Å². The molecule has 3 aromatic rings. The molecule has 0 bridgehead atoms. The lowest BCUT2D eigenvalue weighted by atomic mass is 9.92. The van der Waals surface area contributed by atoms with Gasteiger partial charge in [0.05, 0.1) is 12.2 Å². The van der Waals surface area contributed by atoms with Gasteiger partial charge < -0.3 is 14.6 Å². The van der Waals surface area contributed by atoms with E-state index in [0.29, 0.717) is 30.2 Å². The summed E-state index contributed by atoms with van der Waals surface area (Å²) in [7, 11) is 0. The molecule has 1 aliphatic heterocycles. The third-order valence-electron chi connectivity index (χ3n) is 5.61. The van der Waals surface area contributed by atoms with E-state index in [2.05, 4.69) is 15.5 Å². The minimum atomic E-state index is -1.00. The van der Waals surface area contributed by atoms with Gasteiger partial charge in [0.2, 0.25) is 11.7 Å². The first kappa shape index (κ1) is 18.4. The molecule has 1 unspecified atom stereocenters. The van der Waals surface area contributed by atoms with Gasteiger partial charge in [-0.1, -0.05) is 41.6 Å². The molecule has 1 aliphatic carbocycles. The molecule has 8 heteroatoms. The van der Waals surface area contributed by atoms with Crippen molar-refractivity contribution < 1.29 is 18.8 Å². The summed E-state index contributed by atoms with van der Waals surface area (Å²) >= 11 is 0. The standard InChI is InChI=1S/C22H20N4O4/c1-2-29-17-10-6-4-8-15(17)19-23-18(30-25-19)13-26-20(27)22(24-21(26)28)12-11-14-7-3-5-9-16(14)22/h3-10H,2,11-13H2,1H3,(H,24,28). The third-order valence-corrected chi connectivity index (χ3v) is 5.61. The second-order valence-electron chi connectivity index (χ2n) is 7.32. The summed E-state index contributed by atoms with van der Waals surface area (Å²) in [4.78, 5) is 31.4. The lowest BCUT2D eigenvalue weighted by Crippen LogP contribution is -2.41. The number of benzene rings is 2. The van der Waals surface area contributed by atoms with Crippen molar-refractivity contribution in [1.29, 1.82) is 0 Å². The molecule has 5 rings (SSSR count). The number of imide groups is 1. The number of nitrogens with one attached hydrogen (secondary N) is 1. The lowest BCUT2D eigenvalue weighted by Gasteiger charge is -2.21. The fourth-order valence-corrected chi connectivity index (χ4v) is 4.23. The van der Waals surface area contributed by atoms with E-state index in [-0.39, 0.29) is 18.3 Å². The van der Waals surface area contributed by atoms with Gasteiger partial charge in [0, 0.05) is 0 Å². The van der Waals surface area contributed by atoms with Crippen molar-refractivity contribution in [3.63, 3.8) is 0 Å². The second kappa shape index (κ2) is 6.98. The van der Waals surface area contributed by atoms with E-state index in [9.17, 15) is 9.59 Å². The van der Waals surface area contributed by atoms with Crippen LogP contribution in [0.5, 0.6) is 5.75 Å². The smallest absolute Gasteiger partial charge is 0.325 e. The van der Waals surface area contributed by atoms with Crippen molar-refractivity contribution in [2.75, 3.05) is 6.61 Å². The van der Waals surface area contributed by atoms with Gasteiger partial charge in [-0.05, 0) is 43.0 Å². The molecule has 1 saturated heterocycles. The number of hydrogen-bond donors (Lipinski definition) is 1.